The van der Waals surface area contributed by atoms with Gasteiger partial charge >= 0.3 is 0 Å². The highest BCUT2D eigenvalue weighted by Gasteiger charge is 2.00. The van der Waals surface area contributed by atoms with E-state index in [0.29, 0.717) is 23.8 Å². The first kappa shape index (κ1) is 13.4. The predicted molar refractivity (Wildman–Crippen MR) is 71.1 cm³/mol. The van der Waals surface area contributed by atoms with Gasteiger partial charge in [-0.25, -0.2) is 0 Å². The average molecular weight is 253 g/mol. The molecule has 0 radical (unpaired) electrons. The molecule has 1 aromatic carbocycles. The number of hydrogen-bond acceptors (Lipinski definition) is 3. The monoisotopic (exact) mass is 253 g/mol. The predicted octanol–water partition coefficient (Wildman–Crippen LogP) is 0.718. The summed E-state index contributed by atoms with van der Waals surface area (Å²) in [4.78, 5) is 10.9. The van der Waals surface area contributed by atoms with E-state index >= 15 is 0 Å². The first-order valence-electron chi connectivity index (χ1n) is 5.07. The molecular weight excluding hydrogens is 238 g/mol. The first-order valence-corrected chi connectivity index (χ1v) is 5.48. The van der Waals surface area contributed by atoms with Crippen molar-refractivity contribution >= 4 is 28.9 Å². The van der Waals surface area contributed by atoms with E-state index in [1.165, 1.54) is 0 Å². The molecule has 0 heterocycles. The maximum atomic E-state index is 10.9. The van der Waals surface area contributed by atoms with Crippen molar-refractivity contribution in [2.75, 3.05) is 25.6 Å². The Kier molecular flexibility index (Phi) is 5.38. The number of rotatable bonds is 5. The van der Waals surface area contributed by atoms with Crippen LogP contribution in [0.4, 0.5) is 5.69 Å². The number of amides is 1. The van der Waals surface area contributed by atoms with Gasteiger partial charge in [-0.3, -0.25) is 4.79 Å². The van der Waals surface area contributed by atoms with Crippen LogP contribution in [-0.4, -0.2) is 31.3 Å². The minimum absolute atomic E-state index is 0.447. The number of primary amides is 1. The van der Waals surface area contributed by atoms with Crippen molar-refractivity contribution < 1.29 is 9.53 Å². The molecule has 0 bridgehead atoms. The normalized spacial score (nSPS) is 9.71. The lowest BCUT2D eigenvalue weighted by Gasteiger charge is -2.10. The summed E-state index contributed by atoms with van der Waals surface area (Å²) in [5, 5.41) is 6.46. The molecule has 0 fully saturated rings. The quantitative estimate of drug-likeness (QED) is 0.532. The maximum Gasteiger partial charge on any atom is 0.248 e. The highest BCUT2D eigenvalue weighted by Crippen LogP contribution is 2.08. The average Bonchev–Trinajstić information content (AvgIpc) is 2.30. The lowest BCUT2D eigenvalue weighted by Crippen LogP contribution is -2.31. The van der Waals surface area contributed by atoms with Crippen molar-refractivity contribution in [2.24, 2.45) is 5.73 Å². The third-order valence-corrected chi connectivity index (χ3v) is 2.27. The number of anilines is 1. The van der Waals surface area contributed by atoms with Crippen LogP contribution >= 0.6 is 12.2 Å². The number of ether oxygens (including phenoxy) is 1. The van der Waals surface area contributed by atoms with Gasteiger partial charge in [0.15, 0.2) is 5.11 Å². The molecule has 0 aliphatic heterocycles. The number of nitrogens with one attached hydrogen (secondary N) is 2. The molecule has 0 atom stereocenters. The van der Waals surface area contributed by atoms with Crippen LogP contribution in [0.1, 0.15) is 10.4 Å². The summed E-state index contributed by atoms with van der Waals surface area (Å²) in [6, 6.07) is 6.76. The first-order chi connectivity index (χ1) is 8.13. The topological polar surface area (TPSA) is 76.4 Å². The van der Waals surface area contributed by atoms with Crippen molar-refractivity contribution in [3.05, 3.63) is 29.8 Å². The molecule has 17 heavy (non-hydrogen) atoms. The fourth-order valence-corrected chi connectivity index (χ4v) is 1.38. The number of thiocarbonyl (C=S) groups is 1. The van der Waals surface area contributed by atoms with E-state index in [2.05, 4.69) is 10.6 Å². The van der Waals surface area contributed by atoms with Crippen LogP contribution in [0, 0.1) is 0 Å². The number of hydrogen-bond donors (Lipinski definition) is 3. The molecule has 1 amide bonds. The van der Waals surface area contributed by atoms with Gasteiger partial charge in [0.25, 0.3) is 0 Å². The summed E-state index contributed by atoms with van der Waals surface area (Å²) in [5.74, 6) is -0.447. The second kappa shape index (κ2) is 6.82. The van der Waals surface area contributed by atoms with Crippen LogP contribution in [0.25, 0.3) is 0 Å². The Morgan fingerprint density at radius 1 is 1.41 bits per heavy atom. The van der Waals surface area contributed by atoms with Gasteiger partial charge in [-0.05, 0) is 36.5 Å². The summed E-state index contributed by atoms with van der Waals surface area (Å²) < 4.78 is 4.88. The van der Waals surface area contributed by atoms with Crippen LogP contribution in [0.5, 0.6) is 0 Å². The van der Waals surface area contributed by atoms with Crippen LogP contribution in [0.2, 0.25) is 0 Å². The van der Waals surface area contributed by atoms with Crippen molar-refractivity contribution in [1.82, 2.24) is 5.32 Å². The van der Waals surface area contributed by atoms with Crippen molar-refractivity contribution in [1.29, 1.82) is 0 Å². The zero-order valence-corrected chi connectivity index (χ0v) is 10.3. The summed E-state index contributed by atoms with van der Waals surface area (Å²) >= 11 is 5.06. The second-order valence-electron chi connectivity index (χ2n) is 3.32. The van der Waals surface area contributed by atoms with Crippen molar-refractivity contribution in [2.45, 2.75) is 0 Å². The molecule has 1 rings (SSSR count). The highest BCUT2D eigenvalue weighted by molar-refractivity contribution is 7.80. The van der Waals surface area contributed by atoms with Crippen molar-refractivity contribution in [3.63, 3.8) is 0 Å². The molecule has 0 aliphatic carbocycles. The van der Waals surface area contributed by atoms with Gasteiger partial charge < -0.3 is 21.1 Å². The molecule has 0 spiro atoms. The van der Waals surface area contributed by atoms with Gasteiger partial charge in [0.05, 0.1) is 6.61 Å². The summed E-state index contributed by atoms with van der Waals surface area (Å²) in [5.41, 5.74) is 6.40. The van der Waals surface area contributed by atoms with Gasteiger partial charge in [0.1, 0.15) is 0 Å². The number of nitrogens with two attached hydrogens (primary N) is 1. The molecule has 6 heteroatoms. The Labute approximate surface area is 105 Å². The Hall–Kier alpha value is -1.66. The molecule has 92 valence electrons. The van der Waals surface area contributed by atoms with E-state index in [-0.39, 0.29) is 0 Å². The van der Waals surface area contributed by atoms with Crippen LogP contribution in [-0.2, 0) is 4.74 Å². The summed E-state index contributed by atoms with van der Waals surface area (Å²) in [6.45, 7) is 1.23. The third-order valence-electron chi connectivity index (χ3n) is 2.02. The fourth-order valence-electron chi connectivity index (χ4n) is 1.16. The van der Waals surface area contributed by atoms with Gasteiger partial charge in [0.2, 0.25) is 5.91 Å². The zero-order chi connectivity index (χ0) is 12.7. The Morgan fingerprint density at radius 3 is 2.59 bits per heavy atom. The number of benzene rings is 1. The number of carbonyl (C=O) groups is 1. The third kappa shape index (κ3) is 4.80. The van der Waals surface area contributed by atoms with Gasteiger partial charge in [-0.1, -0.05) is 0 Å². The van der Waals surface area contributed by atoms with Gasteiger partial charge in [0, 0.05) is 24.9 Å². The standard InChI is InChI=1S/C11H15N3O2S/c1-16-7-6-13-11(17)14-9-4-2-8(3-5-9)10(12)15/h2-5H,6-7H2,1H3,(H2,12,15)(H2,13,14,17). The molecule has 0 unspecified atom stereocenters. The molecule has 1 aromatic rings. The minimum atomic E-state index is -0.447. The molecule has 0 saturated heterocycles. The van der Waals surface area contributed by atoms with E-state index in [1.807, 2.05) is 0 Å². The smallest absolute Gasteiger partial charge is 0.248 e. The van der Waals surface area contributed by atoms with E-state index in [0.717, 1.165) is 5.69 Å². The van der Waals surface area contributed by atoms with E-state index in [9.17, 15) is 4.79 Å². The molecule has 0 aliphatic rings. The lowest BCUT2D eigenvalue weighted by molar-refractivity contribution is 0.100. The molecular formula is C11H15N3O2S. The number of carbonyl (C=O) groups excluding carboxylic acids is 1. The van der Waals surface area contributed by atoms with Gasteiger partial charge in [-0.2, -0.15) is 0 Å². The Balaban J connectivity index is 2.46. The van der Waals surface area contributed by atoms with E-state index in [4.69, 9.17) is 22.7 Å². The Bertz CT molecular complexity index is 392. The van der Waals surface area contributed by atoms with Crippen LogP contribution in [0.3, 0.4) is 0 Å². The van der Waals surface area contributed by atoms with Crippen LogP contribution in [0.15, 0.2) is 24.3 Å². The largest absolute Gasteiger partial charge is 0.383 e. The zero-order valence-electron chi connectivity index (χ0n) is 9.53. The second-order valence-corrected chi connectivity index (χ2v) is 3.72. The molecule has 0 saturated carbocycles. The molecule has 0 aromatic heterocycles. The highest BCUT2D eigenvalue weighted by atomic mass is 32.1. The SMILES string of the molecule is COCCNC(=S)Nc1ccc(C(N)=O)cc1. The lowest BCUT2D eigenvalue weighted by atomic mass is 10.2. The fraction of sp³-hybridized carbons (Fsp3) is 0.273. The van der Waals surface area contributed by atoms with Gasteiger partial charge in [-0.15, -0.1) is 0 Å². The van der Waals surface area contributed by atoms with Crippen LogP contribution < -0.4 is 16.4 Å². The van der Waals surface area contributed by atoms with Crippen molar-refractivity contribution in [3.8, 4) is 0 Å². The molecule has 4 N–H and O–H groups in total. The maximum absolute atomic E-state index is 10.9. The Morgan fingerprint density at radius 2 is 2.06 bits per heavy atom. The summed E-state index contributed by atoms with van der Waals surface area (Å²) in [7, 11) is 1.63. The number of methoxy groups -OCH3 is 1. The summed E-state index contributed by atoms with van der Waals surface area (Å²) in [6.07, 6.45) is 0. The minimum Gasteiger partial charge on any atom is -0.383 e. The molecule has 5 nitrogen and oxygen atoms in total. The van der Waals surface area contributed by atoms with E-state index < -0.39 is 5.91 Å². The van der Waals surface area contributed by atoms with E-state index in [1.54, 1.807) is 31.4 Å².